The third-order valence-corrected chi connectivity index (χ3v) is 4.30. The van der Waals surface area contributed by atoms with Crippen LogP contribution in [-0.4, -0.2) is 17.7 Å². The Labute approximate surface area is 138 Å². The number of cyclic esters (lactones) is 2. The van der Waals surface area contributed by atoms with Gasteiger partial charge in [-0.25, -0.2) is 9.59 Å². The molecule has 2 heterocycles. The first kappa shape index (κ1) is 16.5. The fraction of sp³-hybridized carbons (Fsp3) is 0.250. The van der Waals surface area contributed by atoms with Crippen molar-refractivity contribution < 1.29 is 32.2 Å². The summed E-state index contributed by atoms with van der Waals surface area (Å²) in [7, 11) is 0. The predicted molar refractivity (Wildman–Crippen MR) is 81.1 cm³/mol. The maximum atomic E-state index is 13.2. The molecule has 0 spiro atoms. The van der Waals surface area contributed by atoms with Gasteiger partial charge in [0, 0.05) is 29.3 Å². The monoisotopic (exact) mass is 356 g/mol. The number of alkyl halides is 3. The largest absolute Gasteiger partial charge is 0.419 e. The molecule has 1 saturated heterocycles. The molecule has 0 N–H and O–H groups in total. The van der Waals surface area contributed by atoms with Crippen LogP contribution in [0.2, 0.25) is 0 Å². The summed E-state index contributed by atoms with van der Waals surface area (Å²) in [6.07, 6.45) is -3.47. The molecule has 0 saturated carbocycles. The zero-order valence-electron chi connectivity index (χ0n) is 12.6. The number of carbonyl (C=O) groups excluding carboxylic acids is 2. The van der Waals surface area contributed by atoms with Crippen molar-refractivity contribution in [2.45, 2.75) is 25.8 Å². The van der Waals surface area contributed by atoms with Crippen LogP contribution in [0.5, 0.6) is 0 Å². The SMILES string of the molecule is CC1(C)OC(=O)C(=Cc2cccc3scc(C(F)(F)F)c23)C(=O)O1. The molecular formula is C16H11F3O4S. The van der Waals surface area contributed by atoms with Crippen molar-refractivity contribution in [2.24, 2.45) is 0 Å². The summed E-state index contributed by atoms with van der Waals surface area (Å²) in [6, 6.07) is 4.49. The van der Waals surface area contributed by atoms with E-state index in [0.29, 0.717) is 4.70 Å². The highest BCUT2D eigenvalue weighted by atomic mass is 32.1. The highest BCUT2D eigenvalue weighted by Crippen LogP contribution is 2.40. The van der Waals surface area contributed by atoms with Crippen molar-refractivity contribution in [2.75, 3.05) is 0 Å². The number of benzene rings is 1. The molecule has 0 atom stereocenters. The van der Waals surface area contributed by atoms with Gasteiger partial charge in [0.1, 0.15) is 5.57 Å². The number of hydrogen-bond acceptors (Lipinski definition) is 5. The van der Waals surface area contributed by atoms with Gasteiger partial charge >= 0.3 is 18.1 Å². The average Bonchev–Trinajstić information content (AvgIpc) is 2.86. The van der Waals surface area contributed by atoms with Gasteiger partial charge in [0.05, 0.1) is 5.56 Å². The van der Waals surface area contributed by atoms with E-state index in [9.17, 15) is 22.8 Å². The second kappa shape index (κ2) is 5.34. The first-order valence-electron chi connectivity index (χ1n) is 6.84. The third-order valence-electron chi connectivity index (χ3n) is 3.35. The van der Waals surface area contributed by atoms with Gasteiger partial charge in [0.2, 0.25) is 0 Å². The van der Waals surface area contributed by atoms with Crippen LogP contribution in [0.25, 0.3) is 16.2 Å². The second-order valence-electron chi connectivity index (χ2n) is 5.60. The Balaban J connectivity index is 2.15. The van der Waals surface area contributed by atoms with E-state index in [1.54, 1.807) is 6.07 Å². The number of fused-ring (bicyclic) bond motifs is 1. The Morgan fingerprint density at radius 2 is 1.75 bits per heavy atom. The number of carbonyl (C=O) groups is 2. The van der Waals surface area contributed by atoms with E-state index in [2.05, 4.69) is 0 Å². The number of thiophene rings is 1. The summed E-state index contributed by atoms with van der Waals surface area (Å²) >= 11 is 0.937. The molecule has 126 valence electrons. The fourth-order valence-electron chi connectivity index (χ4n) is 2.38. The topological polar surface area (TPSA) is 52.6 Å². The van der Waals surface area contributed by atoms with Crippen molar-refractivity contribution >= 4 is 39.4 Å². The summed E-state index contributed by atoms with van der Waals surface area (Å²) in [4.78, 5) is 23.9. The molecule has 2 aromatic rings. The van der Waals surface area contributed by atoms with Gasteiger partial charge in [-0.3, -0.25) is 0 Å². The normalized spacial score (nSPS) is 17.6. The Morgan fingerprint density at radius 3 is 2.33 bits per heavy atom. The zero-order chi connectivity index (χ0) is 17.7. The van der Waals surface area contributed by atoms with Crippen LogP contribution in [0.4, 0.5) is 13.2 Å². The maximum Gasteiger partial charge on any atom is 0.417 e. The number of ether oxygens (including phenoxy) is 2. The smallest absolute Gasteiger partial charge is 0.417 e. The molecule has 1 aromatic carbocycles. The van der Waals surface area contributed by atoms with E-state index in [1.807, 2.05) is 0 Å². The molecule has 0 unspecified atom stereocenters. The van der Waals surface area contributed by atoms with Crippen LogP contribution in [0.15, 0.2) is 29.2 Å². The quantitative estimate of drug-likeness (QED) is 0.438. The molecule has 24 heavy (non-hydrogen) atoms. The minimum atomic E-state index is -4.54. The molecule has 1 fully saturated rings. The molecule has 0 bridgehead atoms. The maximum absolute atomic E-state index is 13.2. The van der Waals surface area contributed by atoms with Crippen LogP contribution in [0, 0.1) is 0 Å². The summed E-state index contributed by atoms with van der Waals surface area (Å²) < 4.78 is 49.8. The highest BCUT2D eigenvalue weighted by molar-refractivity contribution is 7.17. The molecule has 4 nitrogen and oxygen atoms in total. The van der Waals surface area contributed by atoms with Crippen molar-refractivity contribution in [1.29, 1.82) is 0 Å². The van der Waals surface area contributed by atoms with E-state index < -0.39 is 35.0 Å². The molecule has 1 aromatic heterocycles. The van der Waals surface area contributed by atoms with Crippen LogP contribution >= 0.6 is 11.3 Å². The lowest BCUT2D eigenvalue weighted by Gasteiger charge is -2.29. The van der Waals surface area contributed by atoms with Crippen molar-refractivity contribution in [1.82, 2.24) is 0 Å². The fourth-order valence-corrected chi connectivity index (χ4v) is 3.38. The van der Waals surface area contributed by atoms with Gasteiger partial charge in [-0.1, -0.05) is 12.1 Å². The van der Waals surface area contributed by atoms with Crippen molar-refractivity contribution in [3.63, 3.8) is 0 Å². The predicted octanol–water partition coefficient (Wildman–Crippen LogP) is 4.14. The minimum Gasteiger partial charge on any atom is -0.419 e. The molecule has 1 aliphatic heterocycles. The van der Waals surface area contributed by atoms with Gasteiger partial charge < -0.3 is 9.47 Å². The Hall–Kier alpha value is -2.35. The molecule has 1 aliphatic rings. The Kier molecular flexibility index (Phi) is 3.67. The van der Waals surface area contributed by atoms with Crippen LogP contribution in [-0.2, 0) is 25.2 Å². The van der Waals surface area contributed by atoms with E-state index in [0.717, 1.165) is 22.8 Å². The third kappa shape index (κ3) is 2.89. The standard InChI is InChI=1S/C16H11F3O4S/c1-15(2)22-13(20)9(14(21)23-15)6-8-4-3-5-11-12(8)10(7-24-11)16(17,18)19/h3-7H,1-2H3. The van der Waals surface area contributed by atoms with Crippen molar-refractivity contribution in [3.8, 4) is 0 Å². The summed E-state index contributed by atoms with van der Waals surface area (Å²) in [5.41, 5.74) is -1.15. The summed E-state index contributed by atoms with van der Waals surface area (Å²) in [5.74, 6) is -3.27. The van der Waals surface area contributed by atoms with Crippen LogP contribution in [0.1, 0.15) is 25.0 Å². The van der Waals surface area contributed by atoms with Gasteiger partial charge in [-0.15, -0.1) is 11.3 Å². The molecule has 3 rings (SSSR count). The first-order valence-corrected chi connectivity index (χ1v) is 7.72. The van der Waals surface area contributed by atoms with Gasteiger partial charge in [0.25, 0.3) is 5.79 Å². The second-order valence-corrected chi connectivity index (χ2v) is 6.52. The first-order chi connectivity index (χ1) is 11.1. The van der Waals surface area contributed by atoms with E-state index >= 15 is 0 Å². The summed E-state index contributed by atoms with van der Waals surface area (Å²) in [6.45, 7) is 2.78. The number of rotatable bonds is 1. The van der Waals surface area contributed by atoms with E-state index in [-0.39, 0.29) is 10.9 Å². The van der Waals surface area contributed by atoms with Gasteiger partial charge in [-0.2, -0.15) is 13.2 Å². The van der Waals surface area contributed by atoms with Crippen molar-refractivity contribution in [3.05, 3.63) is 40.3 Å². The van der Waals surface area contributed by atoms with E-state index in [4.69, 9.17) is 9.47 Å². The molecule has 0 aliphatic carbocycles. The molecule has 0 radical (unpaired) electrons. The highest BCUT2D eigenvalue weighted by Gasteiger charge is 2.39. The molecular weight excluding hydrogens is 345 g/mol. The van der Waals surface area contributed by atoms with E-state index in [1.165, 1.54) is 26.0 Å². The van der Waals surface area contributed by atoms with Crippen LogP contribution < -0.4 is 0 Å². The molecule has 0 amide bonds. The Bertz CT molecular complexity index is 855. The lowest BCUT2D eigenvalue weighted by molar-refractivity contribution is -0.222. The van der Waals surface area contributed by atoms with Gasteiger partial charge in [-0.05, 0) is 17.7 Å². The molecule has 8 heteroatoms. The Morgan fingerprint density at radius 1 is 1.12 bits per heavy atom. The average molecular weight is 356 g/mol. The van der Waals surface area contributed by atoms with Crippen LogP contribution in [0.3, 0.4) is 0 Å². The summed E-state index contributed by atoms with van der Waals surface area (Å²) in [5, 5.41) is 0.945. The number of esters is 2. The lowest BCUT2D eigenvalue weighted by atomic mass is 10.0. The zero-order valence-corrected chi connectivity index (χ0v) is 13.4. The lowest BCUT2D eigenvalue weighted by Crippen LogP contribution is -2.41. The number of hydrogen-bond donors (Lipinski definition) is 0. The number of halogens is 3. The minimum absolute atomic E-state index is 0.0621. The van der Waals surface area contributed by atoms with Gasteiger partial charge in [0.15, 0.2) is 0 Å².